The van der Waals surface area contributed by atoms with E-state index in [4.69, 9.17) is 4.74 Å². The van der Waals surface area contributed by atoms with E-state index in [1.165, 1.54) is 0 Å². The third-order valence-electron chi connectivity index (χ3n) is 2.46. The Hall–Kier alpha value is -2.29. The van der Waals surface area contributed by atoms with Crippen LogP contribution in [0.4, 0.5) is 0 Å². The van der Waals surface area contributed by atoms with Gasteiger partial charge in [0.05, 0.1) is 6.61 Å². The third-order valence-corrected chi connectivity index (χ3v) is 2.46. The monoisotopic (exact) mass is 241 g/mol. The van der Waals surface area contributed by atoms with Gasteiger partial charge in [0, 0.05) is 12.4 Å². The van der Waals surface area contributed by atoms with Gasteiger partial charge in [-0.15, -0.1) is 0 Å². The number of pyridine rings is 1. The summed E-state index contributed by atoms with van der Waals surface area (Å²) in [6.07, 6.45) is 7.46. The summed E-state index contributed by atoms with van der Waals surface area (Å²) in [5.74, 6) is 0.673. The lowest BCUT2D eigenvalue weighted by molar-refractivity contribution is 0.318. The van der Waals surface area contributed by atoms with Crippen molar-refractivity contribution in [2.24, 2.45) is 0 Å². The van der Waals surface area contributed by atoms with Gasteiger partial charge < -0.3 is 9.84 Å². The predicted octanol–water partition coefficient (Wildman–Crippen LogP) is 3.36. The van der Waals surface area contributed by atoms with Gasteiger partial charge in [-0.1, -0.05) is 18.2 Å². The van der Waals surface area contributed by atoms with Crippen LogP contribution in [-0.4, -0.2) is 16.7 Å². The highest BCUT2D eigenvalue weighted by Gasteiger charge is 2.01. The summed E-state index contributed by atoms with van der Waals surface area (Å²) in [5.41, 5.74) is 2.06. The first-order chi connectivity index (χ1) is 8.79. The maximum Gasteiger partial charge on any atom is 0.161 e. The minimum Gasteiger partial charge on any atom is -0.504 e. The molecule has 0 fully saturated rings. The Balaban J connectivity index is 2.19. The van der Waals surface area contributed by atoms with Crippen molar-refractivity contribution in [1.82, 2.24) is 4.98 Å². The molecule has 0 amide bonds. The van der Waals surface area contributed by atoms with Gasteiger partial charge in [-0.25, -0.2) is 0 Å². The fourth-order valence-electron chi connectivity index (χ4n) is 1.57. The number of phenols is 1. The Labute approximate surface area is 106 Å². The van der Waals surface area contributed by atoms with Crippen LogP contribution in [0.1, 0.15) is 18.1 Å². The number of ether oxygens (including phenoxy) is 1. The highest BCUT2D eigenvalue weighted by molar-refractivity contribution is 5.70. The first-order valence-electron chi connectivity index (χ1n) is 5.83. The van der Waals surface area contributed by atoms with Gasteiger partial charge in [-0.05, 0) is 42.3 Å². The lowest BCUT2D eigenvalue weighted by atomic mass is 10.1. The Kier molecular flexibility index (Phi) is 3.97. The molecule has 1 N–H and O–H groups in total. The lowest BCUT2D eigenvalue weighted by Crippen LogP contribution is -1.91. The Morgan fingerprint density at radius 2 is 1.83 bits per heavy atom. The molecule has 0 aliphatic heterocycles. The lowest BCUT2D eigenvalue weighted by Gasteiger charge is -2.06. The highest BCUT2D eigenvalue weighted by Crippen LogP contribution is 2.27. The van der Waals surface area contributed by atoms with Crippen molar-refractivity contribution in [1.29, 1.82) is 0 Å². The second kappa shape index (κ2) is 5.87. The van der Waals surface area contributed by atoms with E-state index in [-0.39, 0.29) is 5.75 Å². The molecule has 0 saturated heterocycles. The molecule has 0 unspecified atom stereocenters. The van der Waals surface area contributed by atoms with E-state index in [1.54, 1.807) is 18.5 Å². The first-order valence-corrected chi connectivity index (χ1v) is 5.83. The van der Waals surface area contributed by atoms with E-state index < -0.39 is 0 Å². The number of nitrogens with zero attached hydrogens (tertiary/aromatic N) is 1. The van der Waals surface area contributed by atoms with Gasteiger partial charge in [0.15, 0.2) is 11.5 Å². The van der Waals surface area contributed by atoms with Gasteiger partial charge in [-0.2, -0.15) is 0 Å². The van der Waals surface area contributed by atoms with Crippen LogP contribution in [0.2, 0.25) is 0 Å². The van der Waals surface area contributed by atoms with Gasteiger partial charge >= 0.3 is 0 Å². The van der Waals surface area contributed by atoms with E-state index >= 15 is 0 Å². The number of hydrogen-bond donors (Lipinski definition) is 1. The molecule has 0 aliphatic carbocycles. The summed E-state index contributed by atoms with van der Waals surface area (Å²) < 4.78 is 5.34. The van der Waals surface area contributed by atoms with E-state index in [1.807, 2.05) is 43.3 Å². The van der Waals surface area contributed by atoms with Gasteiger partial charge in [0.2, 0.25) is 0 Å². The molecule has 1 heterocycles. The largest absolute Gasteiger partial charge is 0.504 e. The third kappa shape index (κ3) is 3.10. The maximum atomic E-state index is 9.59. The number of rotatable bonds is 4. The summed E-state index contributed by atoms with van der Waals surface area (Å²) in [6, 6.07) is 9.16. The fourth-order valence-corrected chi connectivity index (χ4v) is 1.57. The Morgan fingerprint density at radius 3 is 2.56 bits per heavy atom. The van der Waals surface area contributed by atoms with Crippen LogP contribution < -0.4 is 4.74 Å². The predicted molar refractivity (Wildman–Crippen MR) is 72.4 cm³/mol. The molecule has 0 atom stereocenters. The molecule has 1 aromatic heterocycles. The molecule has 0 radical (unpaired) electrons. The van der Waals surface area contributed by atoms with Gasteiger partial charge in [0.25, 0.3) is 0 Å². The first kappa shape index (κ1) is 12.2. The molecule has 0 bridgehead atoms. The van der Waals surface area contributed by atoms with Crippen molar-refractivity contribution in [3.63, 3.8) is 0 Å². The van der Waals surface area contributed by atoms with Crippen molar-refractivity contribution in [2.45, 2.75) is 6.92 Å². The van der Waals surface area contributed by atoms with Crippen molar-refractivity contribution in [3.05, 3.63) is 53.9 Å². The van der Waals surface area contributed by atoms with Crippen LogP contribution in [0.25, 0.3) is 12.2 Å². The molecule has 3 heteroatoms. The van der Waals surface area contributed by atoms with Crippen molar-refractivity contribution >= 4 is 12.2 Å². The SMILES string of the molecule is CCOc1cc(/C=C/c2ccncc2)ccc1O. The number of aromatic nitrogens is 1. The van der Waals surface area contributed by atoms with Gasteiger partial charge in [0.1, 0.15) is 0 Å². The molecule has 2 aromatic rings. The molecule has 92 valence electrons. The number of benzene rings is 1. The standard InChI is InChI=1S/C15H15NO2/c1-2-18-15-11-13(5-6-14(15)17)4-3-12-7-9-16-10-8-12/h3-11,17H,2H2,1H3/b4-3+. The Morgan fingerprint density at radius 1 is 1.11 bits per heavy atom. The van der Waals surface area contributed by atoms with Crippen LogP contribution in [0.15, 0.2) is 42.7 Å². The molecule has 2 rings (SSSR count). The summed E-state index contributed by atoms with van der Waals surface area (Å²) in [5, 5.41) is 9.59. The molecule has 0 saturated carbocycles. The molecule has 18 heavy (non-hydrogen) atoms. The number of hydrogen-bond acceptors (Lipinski definition) is 3. The molecule has 3 nitrogen and oxygen atoms in total. The van der Waals surface area contributed by atoms with Crippen LogP contribution in [-0.2, 0) is 0 Å². The van der Waals surface area contributed by atoms with Crippen molar-refractivity contribution < 1.29 is 9.84 Å². The van der Waals surface area contributed by atoms with Crippen molar-refractivity contribution in [2.75, 3.05) is 6.61 Å². The summed E-state index contributed by atoms with van der Waals surface area (Å²) >= 11 is 0. The molecule has 0 aliphatic rings. The smallest absolute Gasteiger partial charge is 0.161 e. The number of phenolic OH excluding ortho intramolecular Hbond substituents is 1. The normalized spacial score (nSPS) is 10.7. The van der Waals surface area contributed by atoms with Gasteiger partial charge in [-0.3, -0.25) is 4.98 Å². The molecular formula is C15H15NO2. The number of aromatic hydroxyl groups is 1. The van der Waals surface area contributed by atoms with E-state index in [2.05, 4.69) is 4.98 Å². The summed E-state index contributed by atoms with van der Waals surface area (Å²) in [4.78, 5) is 3.96. The van der Waals surface area contributed by atoms with E-state index in [0.29, 0.717) is 12.4 Å². The zero-order valence-corrected chi connectivity index (χ0v) is 10.2. The van der Waals surface area contributed by atoms with E-state index in [0.717, 1.165) is 11.1 Å². The van der Waals surface area contributed by atoms with Crippen LogP contribution in [0.5, 0.6) is 11.5 Å². The topological polar surface area (TPSA) is 42.4 Å². The zero-order chi connectivity index (χ0) is 12.8. The van der Waals surface area contributed by atoms with Crippen molar-refractivity contribution in [3.8, 4) is 11.5 Å². The van der Waals surface area contributed by atoms with E-state index in [9.17, 15) is 5.11 Å². The molecule has 1 aromatic carbocycles. The second-order valence-electron chi connectivity index (χ2n) is 3.77. The minimum absolute atomic E-state index is 0.165. The average Bonchev–Trinajstić information content (AvgIpc) is 2.41. The van der Waals surface area contributed by atoms with Crippen LogP contribution in [0, 0.1) is 0 Å². The maximum absolute atomic E-state index is 9.59. The van der Waals surface area contributed by atoms with Crippen LogP contribution in [0.3, 0.4) is 0 Å². The molecular weight excluding hydrogens is 226 g/mol. The summed E-state index contributed by atoms with van der Waals surface area (Å²) in [6.45, 7) is 2.42. The average molecular weight is 241 g/mol. The quantitative estimate of drug-likeness (QED) is 0.892. The second-order valence-corrected chi connectivity index (χ2v) is 3.77. The molecule has 0 spiro atoms. The zero-order valence-electron chi connectivity index (χ0n) is 10.2. The Bertz CT molecular complexity index is 535. The summed E-state index contributed by atoms with van der Waals surface area (Å²) in [7, 11) is 0. The highest BCUT2D eigenvalue weighted by atomic mass is 16.5. The minimum atomic E-state index is 0.165. The van der Waals surface area contributed by atoms with Crippen LogP contribution >= 0.6 is 0 Å². The fraction of sp³-hybridized carbons (Fsp3) is 0.133.